The number of nitrogens with zero attached hydrogens (tertiary/aromatic N) is 1. The highest BCUT2D eigenvalue weighted by atomic mass is 19.4. The number of alkyl halides is 3. The molecule has 11 heteroatoms. The van der Waals surface area contributed by atoms with Crippen molar-refractivity contribution < 1.29 is 27.1 Å². The molecule has 2 aromatic rings. The van der Waals surface area contributed by atoms with Crippen LogP contribution in [-0.4, -0.2) is 31.2 Å². The largest absolute Gasteiger partial charge is 0.494 e. The number of hydrogen-bond donors (Lipinski definition) is 4. The minimum atomic E-state index is -4.48. The van der Waals surface area contributed by atoms with Gasteiger partial charge in [-0.05, 0) is 54.8 Å². The lowest BCUT2D eigenvalue weighted by Gasteiger charge is -2.18. The highest BCUT2D eigenvalue weighted by Gasteiger charge is 2.30. The minimum Gasteiger partial charge on any atom is -0.494 e. The van der Waals surface area contributed by atoms with Gasteiger partial charge in [0, 0.05) is 24.1 Å². The van der Waals surface area contributed by atoms with Crippen LogP contribution in [0.5, 0.6) is 5.75 Å². The van der Waals surface area contributed by atoms with Crippen LogP contribution in [0, 0.1) is 5.82 Å². The SMILES string of the molecule is COc1ccc(C2CC(N=C(NC(=O)c3ccc(C(F)(F)F)cc3)NC3CCCC3)NN2)cc1F. The van der Waals surface area contributed by atoms with Crippen molar-refractivity contribution in [2.45, 2.75) is 56.5 Å². The number of hydrogen-bond acceptors (Lipinski definition) is 5. The molecule has 4 rings (SSSR count). The summed E-state index contributed by atoms with van der Waals surface area (Å²) >= 11 is 0. The molecule has 0 radical (unpaired) electrons. The zero-order valence-corrected chi connectivity index (χ0v) is 19.1. The van der Waals surface area contributed by atoms with E-state index in [0.29, 0.717) is 12.0 Å². The lowest BCUT2D eigenvalue weighted by molar-refractivity contribution is -0.137. The number of amides is 1. The van der Waals surface area contributed by atoms with E-state index in [0.717, 1.165) is 49.9 Å². The molecule has 0 bridgehead atoms. The predicted molar refractivity (Wildman–Crippen MR) is 122 cm³/mol. The number of aliphatic imine (C=N–C) groups is 1. The second-order valence-corrected chi connectivity index (χ2v) is 8.62. The summed E-state index contributed by atoms with van der Waals surface area (Å²) in [7, 11) is 1.40. The fourth-order valence-corrected chi connectivity index (χ4v) is 4.26. The van der Waals surface area contributed by atoms with Crippen LogP contribution in [0.2, 0.25) is 0 Å². The average molecular weight is 494 g/mol. The summed E-state index contributed by atoms with van der Waals surface area (Å²) < 4.78 is 57.6. The Morgan fingerprint density at radius 1 is 1.09 bits per heavy atom. The lowest BCUT2D eigenvalue weighted by Crippen LogP contribution is -2.46. The number of nitrogens with one attached hydrogen (secondary N) is 4. The van der Waals surface area contributed by atoms with Crippen LogP contribution in [0.4, 0.5) is 17.6 Å². The molecule has 0 aromatic heterocycles. The van der Waals surface area contributed by atoms with Crippen LogP contribution in [-0.2, 0) is 6.18 Å². The topological polar surface area (TPSA) is 86.8 Å². The van der Waals surface area contributed by atoms with Crippen molar-refractivity contribution in [3.05, 3.63) is 65.0 Å². The van der Waals surface area contributed by atoms with E-state index in [1.807, 2.05) is 0 Å². The quantitative estimate of drug-likeness (QED) is 0.287. The van der Waals surface area contributed by atoms with E-state index in [4.69, 9.17) is 4.74 Å². The third-order valence-corrected chi connectivity index (χ3v) is 6.15. The van der Waals surface area contributed by atoms with Crippen LogP contribution in [0.15, 0.2) is 47.5 Å². The second kappa shape index (κ2) is 10.6. The van der Waals surface area contributed by atoms with Gasteiger partial charge in [0.1, 0.15) is 6.17 Å². The van der Waals surface area contributed by atoms with Crippen molar-refractivity contribution in [3.63, 3.8) is 0 Å². The first-order valence-electron chi connectivity index (χ1n) is 11.4. The van der Waals surface area contributed by atoms with Gasteiger partial charge in [-0.3, -0.25) is 10.1 Å². The number of rotatable bonds is 5. The monoisotopic (exact) mass is 493 g/mol. The van der Waals surface area contributed by atoms with Gasteiger partial charge in [0.2, 0.25) is 0 Å². The van der Waals surface area contributed by atoms with E-state index in [1.165, 1.54) is 13.2 Å². The minimum absolute atomic E-state index is 0.0861. The van der Waals surface area contributed by atoms with Gasteiger partial charge in [-0.1, -0.05) is 18.9 Å². The molecule has 1 saturated heterocycles. The Labute approximate surface area is 200 Å². The van der Waals surface area contributed by atoms with Crippen LogP contribution < -0.4 is 26.2 Å². The summed E-state index contributed by atoms with van der Waals surface area (Å²) in [5, 5.41) is 5.95. The van der Waals surface area contributed by atoms with Gasteiger partial charge in [-0.15, -0.1) is 0 Å². The van der Waals surface area contributed by atoms with Gasteiger partial charge >= 0.3 is 6.18 Å². The molecule has 1 saturated carbocycles. The fraction of sp³-hybridized carbons (Fsp3) is 0.417. The van der Waals surface area contributed by atoms with E-state index < -0.39 is 29.6 Å². The highest BCUT2D eigenvalue weighted by molar-refractivity contribution is 6.05. The number of carbonyl (C=O) groups is 1. The number of ether oxygens (including phenoxy) is 1. The van der Waals surface area contributed by atoms with E-state index in [2.05, 4.69) is 26.5 Å². The Bertz CT molecular complexity index is 1070. The summed E-state index contributed by atoms with van der Waals surface area (Å²) in [6.07, 6.45) is -0.438. The Morgan fingerprint density at radius 2 is 1.80 bits per heavy atom. The standard InChI is InChI=1S/C24H27F4N5O2/c1-35-20-11-8-15(12-18(20)25)19-13-21(33-32-19)30-23(29-17-4-2-3-5-17)31-22(34)14-6-9-16(10-7-14)24(26,27)28/h6-12,17,19,21,32-33H,2-5,13H2,1H3,(H2,29,30,31,34). The van der Waals surface area contributed by atoms with Gasteiger partial charge in [-0.2, -0.15) is 13.2 Å². The Morgan fingerprint density at radius 3 is 2.43 bits per heavy atom. The number of methoxy groups -OCH3 is 1. The van der Waals surface area contributed by atoms with Crippen LogP contribution in [0.25, 0.3) is 0 Å². The zero-order valence-electron chi connectivity index (χ0n) is 19.1. The predicted octanol–water partition coefficient (Wildman–Crippen LogP) is 4.04. The molecule has 188 valence electrons. The molecule has 1 aliphatic heterocycles. The molecular weight excluding hydrogens is 466 g/mol. The third-order valence-electron chi connectivity index (χ3n) is 6.15. The maximum Gasteiger partial charge on any atom is 0.416 e. The summed E-state index contributed by atoms with van der Waals surface area (Å²) in [5.74, 6) is -0.639. The summed E-state index contributed by atoms with van der Waals surface area (Å²) in [4.78, 5) is 17.3. The van der Waals surface area contributed by atoms with Crippen molar-refractivity contribution in [2.75, 3.05) is 7.11 Å². The molecule has 35 heavy (non-hydrogen) atoms. The fourth-order valence-electron chi connectivity index (χ4n) is 4.26. The Hall–Kier alpha value is -3.18. The molecule has 2 fully saturated rings. The molecule has 2 atom stereocenters. The molecule has 1 aliphatic carbocycles. The number of hydrazine groups is 1. The summed E-state index contributed by atoms with van der Waals surface area (Å²) in [6.45, 7) is 0. The maximum atomic E-state index is 14.1. The Kier molecular flexibility index (Phi) is 7.56. The molecule has 2 aliphatic rings. The van der Waals surface area contributed by atoms with Crippen LogP contribution >= 0.6 is 0 Å². The second-order valence-electron chi connectivity index (χ2n) is 8.62. The summed E-state index contributed by atoms with van der Waals surface area (Å²) in [6, 6.07) is 8.65. The molecule has 2 aromatic carbocycles. The maximum absolute atomic E-state index is 14.1. The van der Waals surface area contributed by atoms with Gasteiger partial charge < -0.3 is 10.1 Å². The van der Waals surface area contributed by atoms with Crippen LogP contribution in [0.3, 0.4) is 0 Å². The first kappa shape index (κ1) is 24.9. The van der Waals surface area contributed by atoms with Crippen molar-refractivity contribution in [3.8, 4) is 5.75 Å². The Balaban J connectivity index is 1.46. The molecule has 4 N–H and O–H groups in total. The van der Waals surface area contributed by atoms with E-state index >= 15 is 0 Å². The molecule has 0 spiro atoms. The first-order chi connectivity index (χ1) is 16.7. The van der Waals surface area contributed by atoms with Crippen molar-refractivity contribution in [2.24, 2.45) is 4.99 Å². The molecule has 2 unspecified atom stereocenters. The van der Waals surface area contributed by atoms with Gasteiger partial charge in [0.05, 0.1) is 12.7 Å². The van der Waals surface area contributed by atoms with E-state index in [-0.39, 0.29) is 29.4 Å². The van der Waals surface area contributed by atoms with Crippen molar-refractivity contribution in [1.29, 1.82) is 0 Å². The van der Waals surface area contributed by atoms with Crippen molar-refractivity contribution in [1.82, 2.24) is 21.5 Å². The first-order valence-corrected chi connectivity index (χ1v) is 11.4. The molecule has 7 nitrogen and oxygen atoms in total. The van der Waals surface area contributed by atoms with E-state index in [1.54, 1.807) is 12.1 Å². The van der Waals surface area contributed by atoms with Crippen LogP contribution in [0.1, 0.15) is 59.6 Å². The summed E-state index contributed by atoms with van der Waals surface area (Å²) in [5.41, 5.74) is 6.10. The third kappa shape index (κ3) is 6.29. The van der Waals surface area contributed by atoms with Gasteiger partial charge in [-0.25, -0.2) is 20.2 Å². The van der Waals surface area contributed by atoms with Crippen molar-refractivity contribution >= 4 is 11.9 Å². The number of guanidine groups is 1. The van der Waals surface area contributed by atoms with E-state index in [9.17, 15) is 22.4 Å². The smallest absolute Gasteiger partial charge is 0.416 e. The van der Waals surface area contributed by atoms with Gasteiger partial charge in [0.25, 0.3) is 5.91 Å². The lowest BCUT2D eigenvalue weighted by atomic mass is 10.0. The number of benzene rings is 2. The zero-order chi connectivity index (χ0) is 25.0. The average Bonchev–Trinajstić information content (AvgIpc) is 3.51. The normalized spacial score (nSPS) is 21.2. The highest BCUT2D eigenvalue weighted by Crippen LogP contribution is 2.29. The molecule has 1 amide bonds. The number of halogens is 4. The van der Waals surface area contributed by atoms with Gasteiger partial charge in [0.15, 0.2) is 17.5 Å². The molecular formula is C24H27F4N5O2. The number of carbonyl (C=O) groups excluding carboxylic acids is 1. The molecule has 1 heterocycles.